The monoisotopic (exact) mass is 308 g/mol. The molecular weight excluding hydrogens is 296 g/mol. The van der Waals surface area contributed by atoms with Gasteiger partial charge in [-0.25, -0.2) is 4.79 Å². The third-order valence-corrected chi connectivity index (χ3v) is 2.48. The highest BCUT2D eigenvalue weighted by Gasteiger charge is 2.01. The molecule has 0 spiro atoms. The summed E-state index contributed by atoms with van der Waals surface area (Å²) in [6.07, 6.45) is 3.34. The Morgan fingerprint density at radius 3 is 2.94 bits per heavy atom. The average Bonchev–Trinajstić information content (AvgIpc) is 2.37. The maximum absolute atomic E-state index is 10.5. The lowest BCUT2D eigenvalue weighted by atomic mass is 10.1. The Labute approximate surface area is 115 Å². The fourth-order valence-corrected chi connectivity index (χ4v) is 1.51. The Balaban J connectivity index is 3.02. The van der Waals surface area contributed by atoms with Gasteiger partial charge in [0, 0.05) is 29.0 Å². The summed E-state index contributed by atoms with van der Waals surface area (Å²) in [6, 6.07) is 5.43. The summed E-state index contributed by atoms with van der Waals surface area (Å²) in [5.41, 5.74) is 1.53. The molecule has 0 bridgehead atoms. The predicted molar refractivity (Wildman–Crippen MR) is 75.0 cm³/mol. The molecule has 1 N–H and O–H groups in total. The Morgan fingerprint density at radius 1 is 1.56 bits per heavy atom. The lowest BCUT2D eigenvalue weighted by Crippen LogP contribution is -1.90. The Morgan fingerprint density at radius 2 is 2.33 bits per heavy atom. The topological polar surface area (TPSA) is 46.5 Å². The van der Waals surface area contributed by atoms with E-state index in [1.54, 1.807) is 19.2 Å². The normalized spacial score (nSPS) is 9.89. The minimum absolute atomic E-state index is 0.624. The zero-order valence-corrected chi connectivity index (χ0v) is 11.5. The molecule has 0 amide bonds. The number of halogens is 1. The molecule has 94 valence electrons. The van der Waals surface area contributed by atoms with E-state index in [1.807, 2.05) is 6.07 Å². The molecule has 1 aromatic rings. The molecule has 0 aliphatic heterocycles. The fourth-order valence-electron chi connectivity index (χ4n) is 1.32. The third-order valence-electron chi connectivity index (χ3n) is 2.09. The lowest BCUT2D eigenvalue weighted by Gasteiger charge is -2.04. The zero-order chi connectivity index (χ0) is 13.4. The Bertz CT molecular complexity index is 510. The predicted octanol–water partition coefficient (Wildman–Crippen LogP) is 2.93. The van der Waals surface area contributed by atoms with Crippen LogP contribution in [0.15, 0.2) is 24.3 Å². The summed E-state index contributed by atoms with van der Waals surface area (Å²) >= 11 is 3.30. The first kappa shape index (κ1) is 14.3. The van der Waals surface area contributed by atoms with E-state index in [4.69, 9.17) is 9.84 Å². The highest BCUT2D eigenvalue weighted by atomic mass is 79.9. The maximum Gasteiger partial charge on any atom is 0.328 e. The molecule has 0 aliphatic rings. The molecular formula is C14H13BrO3. The molecule has 0 saturated carbocycles. The van der Waals surface area contributed by atoms with Crippen molar-refractivity contribution < 1.29 is 14.6 Å². The van der Waals surface area contributed by atoms with Gasteiger partial charge in [0.15, 0.2) is 0 Å². The number of carboxylic acids is 1. The van der Waals surface area contributed by atoms with Crippen LogP contribution in [0, 0.1) is 11.8 Å². The van der Waals surface area contributed by atoms with Crippen LogP contribution in [0.2, 0.25) is 0 Å². The van der Waals surface area contributed by atoms with Gasteiger partial charge in [0.05, 0.1) is 7.11 Å². The maximum atomic E-state index is 10.5. The molecule has 0 atom stereocenters. The van der Waals surface area contributed by atoms with Gasteiger partial charge in [0.1, 0.15) is 5.75 Å². The smallest absolute Gasteiger partial charge is 0.328 e. The van der Waals surface area contributed by atoms with Crippen molar-refractivity contribution in [3.05, 3.63) is 35.4 Å². The molecule has 1 aromatic carbocycles. The van der Waals surface area contributed by atoms with Crippen molar-refractivity contribution in [3.63, 3.8) is 0 Å². The van der Waals surface area contributed by atoms with Crippen LogP contribution in [0.5, 0.6) is 5.75 Å². The van der Waals surface area contributed by atoms with Crippen molar-refractivity contribution in [3.8, 4) is 17.6 Å². The van der Waals surface area contributed by atoms with Crippen LogP contribution in [0.3, 0.4) is 0 Å². The van der Waals surface area contributed by atoms with Crippen LogP contribution in [-0.2, 0) is 4.79 Å². The van der Waals surface area contributed by atoms with Gasteiger partial charge < -0.3 is 9.84 Å². The van der Waals surface area contributed by atoms with Crippen molar-refractivity contribution >= 4 is 28.0 Å². The van der Waals surface area contributed by atoms with Crippen molar-refractivity contribution in [1.82, 2.24) is 0 Å². The van der Waals surface area contributed by atoms with E-state index in [-0.39, 0.29) is 0 Å². The van der Waals surface area contributed by atoms with Gasteiger partial charge in [0.2, 0.25) is 0 Å². The van der Waals surface area contributed by atoms with Gasteiger partial charge in [-0.3, -0.25) is 0 Å². The molecule has 0 heterocycles. The van der Waals surface area contributed by atoms with Crippen molar-refractivity contribution in [2.45, 2.75) is 6.42 Å². The molecule has 1 rings (SSSR count). The van der Waals surface area contributed by atoms with E-state index in [0.717, 1.165) is 23.4 Å². The fraction of sp³-hybridized carbons (Fsp3) is 0.214. The summed E-state index contributed by atoms with van der Waals surface area (Å²) < 4.78 is 5.16. The molecule has 3 nitrogen and oxygen atoms in total. The lowest BCUT2D eigenvalue weighted by molar-refractivity contribution is -0.131. The van der Waals surface area contributed by atoms with E-state index in [0.29, 0.717) is 11.3 Å². The van der Waals surface area contributed by atoms with E-state index < -0.39 is 5.97 Å². The van der Waals surface area contributed by atoms with Gasteiger partial charge in [-0.1, -0.05) is 27.8 Å². The van der Waals surface area contributed by atoms with Crippen LogP contribution in [0.1, 0.15) is 17.5 Å². The second-order valence-corrected chi connectivity index (χ2v) is 4.16. The second kappa shape index (κ2) is 7.57. The summed E-state index contributed by atoms with van der Waals surface area (Å²) in [7, 11) is 1.55. The summed E-state index contributed by atoms with van der Waals surface area (Å²) in [5.74, 6) is 5.64. The van der Waals surface area contributed by atoms with E-state index >= 15 is 0 Å². The largest absolute Gasteiger partial charge is 0.496 e. The first-order chi connectivity index (χ1) is 8.67. The van der Waals surface area contributed by atoms with Crippen LogP contribution in [-0.4, -0.2) is 23.5 Å². The van der Waals surface area contributed by atoms with Crippen LogP contribution >= 0.6 is 15.9 Å². The summed E-state index contributed by atoms with van der Waals surface area (Å²) in [4.78, 5) is 10.5. The Hall–Kier alpha value is -1.73. The number of rotatable bonds is 4. The number of hydrogen-bond acceptors (Lipinski definition) is 2. The molecule has 0 fully saturated rings. The highest BCUT2D eigenvalue weighted by molar-refractivity contribution is 9.09. The minimum Gasteiger partial charge on any atom is -0.496 e. The van der Waals surface area contributed by atoms with Crippen LogP contribution < -0.4 is 4.74 Å². The van der Waals surface area contributed by atoms with E-state index in [9.17, 15) is 4.79 Å². The Kier molecular flexibility index (Phi) is 6.03. The molecule has 0 aliphatic carbocycles. The third kappa shape index (κ3) is 4.64. The van der Waals surface area contributed by atoms with Crippen molar-refractivity contribution in [2.75, 3.05) is 12.4 Å². The number of carboxylic acid groups (broad SMARTS) is 1. The standard InChI is InChI=1S/C14H13BrO3/c1-18-13-7-5-11(4-2-3-9-15)10-12(13)6-8-14(16)17/h5-8,10H,3,9H2,1H3,(H,16,17)/b8-6+. The molecule has 4 heteroatoms. The number of methoxy groups -OCH3 is 1. The quantitative estimate of drug-likeness (QED) is 0.528. The second-order valence-electron chi connectivity index (χ2n) is 3.37. The average molecular weight is 309 g/mol. The highest BCUT2D eigenvalue weighted by Crippen LogP contribution is 2.21. The number of benzene rings is 1. The van der Waals surface area contributed by atoms with Gasteiger partial charge in [0.25, 0.3) is 0 Å². The van der Waals surface area contributed by atoms with Gasteiger partial charge in [-0.05, 0) is 24.3 Å². The molecule has 0 aromatic heterocycles. The molecule has 0 radical (unpaired) electrons. The summed E-state index contributed by atoms with van der Waals surface area (Å²) in [5, 5.41) is 9.46. The number of carbonyl (C=O) groups is 1. The molecule has 0 saturated heterocycles. The van der Waals surface area contributed by atoms with Gasteiger partial charge >= 0.3 is 5.97 Å². The molecule has 18 heavy (non-hydrogen) atoms. The SMILES string of the molecule is COc1ccc(C#CCCBr)cc1/C=C/C(=O)O. The van der Waals surface area contributed by atoms with Gasteiger partial charge in [-0.2, -0.15) is 0 Å². The van der Waals surface area contributed by atoms with Gasteiger partial charge in [-0.15, -0.1) is 0 Å². The number of alkyl halides is 1. The van der Waals surface area contributed by atoms with E-state index in [2.05, 4.69) is 27.8 Å². The first-order valence-corrected chi connectivity index (χ1v) is 6.43. The summed E-state index contributed by atoms with van der Waals surface area (Å²) in [6.45, 7) is 0. The van der Waals surface area contributed by atoms with Crippen molar-refractivity contribution in [2.24, 2.45) is 0 Å². The zero-order valence-electron chi connectivity index (χ0n) is 9.94. The number of aliphatic carboxylic acids is 1. The number of ether oxygens (including phenoxy) is 1. The van der Waals surface area contributed by atoms with Crippen LogP contribution in [0.25, 0.3) is 6.08 Å². The minimum atomic E-state index is -0.993. The van der Waals surface area contributed by atoms with E-state index in [1.165, 1.54) is 6.08 Å². The molecule has 0 unspecified atom stereocenters. The van der Waals surface area contributed by atoms with Crippen LogP contribution in [0.4, 0.5) is 0 Å². The first-order valence-electron chi connectivity index (χ1n) is 5.31. The van der Waals surface area contributed by atoms with Crippen molar-refractivity contribution in [1.29, 1.82) is 0 Å². The number of hydrogen-bond donors (Lipinski definition) is 1.